The lowest BCUT2D eigenvalue weighted by atomic mass is 9.86. The number of carbonyl (C=O) groups excluding carboxylic acids is 2. The van der Waals surface area contributed by atoms with Crippen molar-refractivity contribution in [3.05, 3.63) is 35.5 Å². The summed E-state index contributed by atoms with van der Waals surface area (Å²) in [5.41, 5.74) is 2.14. The van der Waals surface area contributed by atoms with E-state index in [9.17, 15) is 9.59 Å². The Morgan fingerprint density at radius 1 is 1.18 bits per heavy atom. The number of rotatable bonds is 3. The third-order valence-electron chi connectivity index (χ3n) is 4.75. The van der Waals surface area contributed by atoms with Crippen LogP contribution in [0.1, 0.15) is 48.7 Å². The molecule has 0 aliphatic heterocycles. The summed E-state index contributed by atoms with van der Waals surface area (Å²) in [5.74, 6) is -0.478. The van der Waals surface area contributed by atoms with E-state index < -0.39 is 11.7 Å². The maximum Gasteiger partial charge on any atom is 0.292 e. The van der Waals surface area contributed by atoms with Crippen molar-refractivity contribution in [3.8, 4) is 0 Å². The number of benzene rings is 1. The molecule has 0 spiro atoms. The second-order valence-electron chi connectivity index (χ2n) is 6.34. The number of hydrogen-bond acceptors (Lipinski definition) is 2. The summed E-state index contributed by atoms with van der Waals surface area (Å²) < 4.78 is 0. The smallest absolute Gasteiger partial charge is 0.292 e. The molecule has 22 heavy (non-hydrogen) atoms. The van der Waals surface area contributed by atoms with E-state index in [1.807, 2.05) is 31.2 Å². The monoisotopic (exact) mass is 298 g/mol. The SMILES string of the molecule is Cc1[nH]c2ccccc2c1C(=O)C(=O)NC1CCCCC1C. The zero-order valence-corrected chi connectivity index (χ0v) is 13.1. The van der Waals surface area contributed by atoms with Gasteiger partial charge in [0.2, 0.25) is 0 Å². The van der Waals surface area contributed by atoms with Gasteiger partial charge in [0.05, 0.1) is 5.56 Å². The first-order valence-corrected chi connectivity index (χ1v) is 8.00. The predicted molar refractivity (Wildman–Crippen MR) is 86.9 cm³/mol. The molecule has 1 aromatic carbocycles. The quantitative estimate of drug-likeness (QED) is 0.674. The minimum absolute atomic E-state index is 0.121. The summed E-state index contributed by atoms with van der Waals surface area (Å²) >= 11 is 0. The highest BCUT2D eigenvalue weighted by molar-refractivity contribution is 6.45. The van der Waals surface area contributed by atoms with Gasteiger partial charge in [0, 0.05) is 22.6 Å². The molecule has 1 aliphatic carbocycles. The number of hydrogen-bond donors (Lipinski definition) is 2. The van der Waals surface area contributed by atoms with Gasteiger partial charge >= 0.3 is 0 Å². The number of aromatic nitrogens is 1. The summed E-state index contributed by atoms with van der Waals surface area (Å²) in [6.07, 6.45) is 4.41. The lowest BCUT2D eigenvalue weighted by Crippen LogP contribution is -2.44. The molecular weight excluding hydrogens is 276 g/mol. The molecule has 2 unspecified atom stereocenters. The van der Waals surface area contributed by atoms with Crippen LogP contribution in [0.15, 0.2) is 24.3 Å². The number of aromatic amines is 1. The van der Waals surface area contributed by atoms with E-state index in [0.29, 0.717) is 11.5 Å². The van der Waals surface area contributed by atoms with Crippen molar-refractivity contribution in [2.75, 3.05) is 0 Å². The Morgan fingerprint density at radius 3 is 2.68 bits per heavy atom. The van der Waals surface area contributed by atoms with Gasteiger partial charge in [-0.1, -0.05) is 38.0 Å². The molecule has 2 N–H and O–H groups in total. The fourth-order valence-electron chi connectivity index (χ4n) is 3.45. The van der Waals surface area contributed by atoms with Crippen molar-refractivity contribution in [1.82, 2.24) is 10.3 Å². The molecule has 116 valence electrons. The van der Waals surface area contributed by atoms with Gasteiger partial charge in [0.1, 0.15) is 0 Å². The molecular formula is C18H22N2O2. The first kappa shape index (κ1) is 14.8. The van der Waals surface area contributed by atoms with Crippen LogP contribution in [0.2, 0.25) is 0 Å². The van der Waals surface area contributed by atoms with E-state index >= 15 is 0 Å². The Hall–Kier alpha value is -2.10. The van der Waals surface area contributed by atoms with Gasteiger partial charge in [-0.05, 0) is 31.7 Å². The van der Waals surface area contributed by atoms with Crippen LogP contribution in [-0.4, -0.2) is 22.7 Å². The van der Waals surface area contributed by atoms with Crippen molar-refractivity contribution in [2.45, 2.75) is 45.6 Å². The number of amides is 1. The third kappa shape index (κ3) is 2.65. The molecule has 0 radical (unpaired) electrons. The Kier molecular flexibility index (Phi) is 4.01. The summed E-state index contributed by atoms with van der Waals surface area (Å²) in [7, 11) is 0. The zero-order valence-electron chi connectivity index (χ0n) is 13.1. The molecule has 1 fully saturated rings. The number of H-pyrrole nitrogens is 1. The van der Waals surface area contributed by atoms with Crippen LogP contribution < -0.4 is 5.32 Å². The normalized spacial score (nSPS) is 21.7. The number of fused-ring (bicyclic) bond motifs is 1. The van der Waals surface area contributed by atoms with Crippen LogP contribution in [0.5, 0.6) is 0 Å². The second-order valence-corrected chi connectivity index (χ2v) is 6.34. The fraction of sp³-hybridized carbons (Fsp3) is 0.444. The number of ketones is 1. The van der Waals surface area contributed by atoms with Gasteiger partial charge < -0.3 is 10.3 Å². The van der Waals surface area contributed by atoms with Crippen LogP contribution >= 0.6 is 0 Å². The van der Waals surface area contributed by atoms with E-state index in [1.54, 1.807) is 0 Å². The Bertz CT molecular complexity index is 717. The Labute approximate surface area is 130 Å². The average Bonchev–Trinajstić information content (AvgIpc) is 2.84. The summed E-state index contributed by atoms with van der Waals surface area (Å²) in [6, 6.07) is 7.71. The number of aryl methyl sites for hydroxylation is 1. The lowest BCUT2D eigenvalue weighted by molar-refractivity contribution is -0.118. The molecule has 4 heteroatoms. The summed E-state index contributed by atoms with van der Waals surface area (Å²) in [5, 5.41) is 3.76. The molecule has 0 saturated heterocycles. The van der Waals surface area contributed by atoms with Crippen molar-refractivity contribution in [2.24, 2.45) is 5.92 Å². The molecule has 1 aromatic heterocycles. The highest BCUT2D eigenvalue weighted by atomic mass is 16.2. The van der Waals surface area contributed by atoms with Gasteiger partial charge in [0.25, 0.3) is 11.7 Å². The maximum atomic E-state index is 12.6. The van der Waals surface area contributed by atoms with Gasteiger partial charge in [-0.15, -0.1) is 0 Å². The van der Waals surface area contributed by atoms with Gasteiger partial charge in [-0.25, -0.2) is 0 Å². The zero-order chi connectivity index (χ0) is 15.7. The van der Waals surface area contributed by atoms with Crippen molar-refractivity contribution >= 4 is 22.6 Å². The minimum Gasteiger partial charge on any atom is -0.358 e. The molecule has 0 bridgehead atoms. The largest absolute Gasteiger partial charge is 0.358 e. The van der Waals surface area contributed by atoms with Crippen molar-refractivity contribution < 1.29 is 9.59 Å². The van der Waals surface area contributed by atoms with Crippen LogP contribution in [-0.2, 0) is 4.79 Å². The average molecular weight is 298 g/mol. The Balaban J connectivity index is 1.83. The van der Waals surface area contributed by atoms with Crippen LogP contribution in [0.25, 0.3) is 10.9 Å². The number of carbonyl (C=O) groups is 2. The molecule has 2 atom stereocenters. The maximum absolute atomic E-state index is 12.6. The van der Waals surface area contributed by atoms with Gasteiger partial charge in [0.15, 0.2) is 0 Å². The number of nitrogens with one attached hydrogen (secondary N) is 2. The van der Waals surface area contributed by atoms with E-state index in [-0.39, 0.29) is 6.04 Å². The topological polar surface area (TPSA) is 62.0 Å². The number of Topliss-reactive ketones (excluding diaryl/α,β-unsaturated/α-hetero) is 1. The van der Waals surface area contributed by atoms with E-state index in [1.165, 1.54) is 6.42 Å². The molecule has 3 rings (SSSR count). The van der Waals surface area contributed by atoms with Crippen LogP contribution in [0, 0.1) is 12.8 Å². The summed E-state index contributed by atoms with van der Waals surface area (Å²) in [6.45, 7) is 3.98. The molecule has 1 heterocycles. The molecule has 1 saturated carbocycles. The molecule has 1 aliphatic rings. The highest BCUT2D eigenvalue weighted by Crippen LogP contribution is 2.25. The van der Waals surface area contributed by atoms with Crippen molar-refractivity contribution in [1.29, 1.82) is 0 Å². The molecule has 4 nitrogen and oxygen atoms in total. The van der Waals surface area contributed by atoms with E-state index in [2.05, 4.69) is 17.2 Å². The molecule has 2 aromatic rings. The number of para-hydroxylation sites is 1. The van der Waals surface area contributed by atoms with E-state index in [0.717, 1.165) is 35.9 Å². The first-order valence-electron chi connectivity index (χ1n) is 8.00. The second kappa shape index (κ2) is 5.95. The Morgan fingerprint density at radius 2 is 1.91 bits per heavy atom. The summed E-state index contributed by atoms with van der Waals surface area (Å²) in [4.78, 5) is 28.1. The molecule has 1 amide bonds. The predicted octanol–water partition coefficient (Wildman–Crippen LogP) is 3.35. The van der Waals surface area contributed by atoms with Gasteiger partial charge in [-0.2, -0.15) is 0 Å². The van der Waals surface area contributed by atoms with Crippen LogP contribution in [0.3, 0.4) is 0 Å². The van der Waals surface area contributed by atoms with Crippen molar-refractivity contribution in [3.63, 3.8) is 0 Å². The standard InChI is InChI=1S/C18H22N2O2/c1-11-7-3-5-9-14(11)20-18(22)17(21)16-12(2)19-15-10-6-4-8-13(15)16/h4,6,8,10-11,14,19H,3,5,7,9H2,1-2H3,(H,20,22). The van der Waals surface area contributed by atoms with Crippen LogP contribution in [0.4, 0.5) is 0 Å². The minimum atomic E-state index is -0.480. The third-order valence-corrected chi connectivity index (χ3v) is 4.75. The first-order chi connectivity index (χ1) is 10.6. The lowest BCUT2D eigenvalue weighted by Gasteiger charge is -2.29. The van der Waals surface area contributed by atoms with E-state index in [4.69, 9.17) is 0 Å². The van der Waals surface area contributed by atoms with Gasteiger partial charge in [-0.3, -0.25) is 9.59 Å². The highest BCUT2D eigenvalue weighted by Gasteiger charge is 2.28. The fourth-order valence-corrected chi connectivity index (χ4v) is 3.45.